The van der Waals surface area contributed by atoms with Crippen LogP contribution < -0.4 is 5.32 Å². The predicted octanol–water partition coefficient (Wildman–Crippen LogP) is 2.52. The highest BCUT2D eigenvalue weighted by molar-refractivity contribution is 7.91. The van der Waals surface area contributed by atoms with Gasteiger partial charge in [0.2, 0.25) is 0 Å². The monoisotopic (exact) mass is 345 g/mol. The molecule has 0 spiro atoms. The molecule has 0 bridgehead atoms. The third kappa shape index (κ3) is 4.33. The van der Waals surface area contributed by atoms with E-state index in [9.17, 15) is 8.42 Å². The maximum atomic E-state index is 12.5. The van der Waals surface area contributed by atoms with Crippen molar-refractivity contribution in [1.82, 2.24) is 14.6 Å². The highest BCUT2D eigenvalue weighted by Gasteiger charge is 2.23. The van der Waals surface area contributed by atoms with Gasteiger partial charge in [0.15, 0.2) is 0 Å². The van der Waals surface area contributed by atoms with Gasteiger partial charge in [-0.3, -0.25) is 0 Å². The van der Waals surface area contributed by atoms with Crippen molar-refractivity contribution in [3.8, 4) is 0 Å². The molecular weight excluding hydrogens is 326 g/mol. The first-order valence-corrected chi connectivity index (χ1v) is 9.86. The molecule has 0 aromatic carbocycles. The maximum Gasteiger partial charge on any atom is 0.252 e. The van der Waals surface area contributed by atoms with E-state index >= 15 is 0 Å². The van der Waals surface area contributed by atoms with E-state index in [0.717, 1.165) is 23.5 Å². The van der Waals surface area contributed by atoms with Crippen molar-refractivity contribution in [2.75, 3.05) is 13.6 Å². The fraction of sp³-hybridized carbons (Fsp3) is 0.462. The summed E-state index contributed by atoms with van der Waals surface area (Å²) >= 11 is 2.79. The highest BCUT2D eigenvalue weighted by atomic mass is 32.2. The van der Waals surface area contributed by atoms with Gasteiger partial charge in [-0.2, -0.15) is 4.31 Å². The summed E-state index contributed by atoms with van der Waals surface area (Å²) in [7, 11) is -1.85. The minimum absolute atomic E-state index is 0.299. The average Bonchev–Trinajstić information content (AvgIpc) is 3.10. The zero-order valence-electron chi connectivity index (χ0n) is 12.1. The molecule has 0 fully saturated rings. The number of hydrogen-bond donors (Lipinski definition) is 1. The summed E-state index contributed by atoms with van der Waals surface area (Å²) in [4.78, 5) is 5.16. The molecule has 2 heterocycles. The molecule has 21 heavy (non-hydrogen) atoms. The Kier molecular flexibility index (Phi) is 5.88. The van der Waals surface area contributed by atoms with Crippen molar-refractivity contribution in [3.63, 3.8) is 0 Å². The molecule has 0 unspecified atom stereocenters. The van der Waals surface area contributed by atoms with Crippen molar-refractivity contribution in [3.05, 3.63) is 33.6 Å². The molecule has 8 heteroatoms. The second-order valence-corrected chi connectivity index (χ2v) is 8.80. The minimum atomic E-state index is -3.44. The van der Waals surface area contributed by atoms with Gasteiger partial charge in [0.05, 0.1) is 17.7 Å². The molecule has 0 saturated carbocycles. The highest BCUT2D eigenvalue weighted by Crippen LogP contribution is 2.25. The third-order valence-corrected chi connectivity index (χ3v) is 6.89. The SMILES string of the molecule is CCCNCc1ccc(S(=O)(=O)N(C)Cc2cscn2)s1. The molecular formula is C13H19N3O2S3. The van der Waals surface area contributed by atoms with Crippen LogP contribution in [0.4, 0.5) is 0 Å². The number of nitrogens with zero attached hydrogens (tertiary/aromatic N) is 2. The Morgan fingerprint density at radius 2 is 2.19 bits per heavy atom. The lowest BCUT2D eigenvalue weighted by Gasteiger charge is -2.14. The summed E-state index contributed by atoms with van der Waals surface area (Å²) in [5.74, 6) is 0. The topological polar surface area (TPSA) is 62.3 Å². The summed E-state index contributed by atoms with van der Waals surface area (Å²) in [5.41, 5.74) is 2.48. The number of rotatable bonds is 8. The van der Waals surface area contributed by atoms with Gasteiger partial charge >= 0.3 is 0 Å². The molecule has 2 aromatic heterocycles. The van der Waals surface area contributed by atoms with Crippen LogP contribution in [0.1, 0.15) is 23.9 Å². The molecule has 0 aliphatic carbocycles. The fourth-order valence-corrected chi connectivity index (χ4v) is 4.99. The summed E-state index contributed by atoms with van der Waals surface area (Å²) in [5, 5.41) is 5.14. The Labute approximate surface area is 133 Å². The summed E-state index contributed by atoms with van der Waals surface area (Å²) in [6.07, 6.45) is 1.06. The van der Waals surface area contributed by atoms with Crippen LogP contribution in [0.2, 0.25) is 0 Å². The normalized spacial score (nSPS) is 12.1. The molecule has 0 radical (unpaired) electrons. The molecule has 0 aliphatic heterocycles. The zero-order valence-corrected chi connectivity index (χ0v) is 14.5. The van der Waals surface area contributed by atoms with Crippen LogP contribution in [0.5, 0.6) is 0 Å². The molecule has 1 N–H and O–H groups in total. The minimum Gasteiger partial charge on any atom is -0.312 e. The van der Waals surface area contributed by atoms with Crippen LogP contribution in [0.15, 0.2) is 27.2 Å². The van der Waals surface area contributed by atoms with Crippen LogP contribution >= 0.6 is 22.7 Å². The van der Waals surface area contributed by atoms with E-state index in [2.05, 4.69) is 17.2 Å². The van der Waals surface area contributed by atoms with Crippen molar-refractivity contribution in [2.24, 2.45) is 0 Å². The molecule has 116 valence electrons. The quantitative estimate of drug-likeness (QED) is 0.747. The van der Waals surface area contributed by atoms with Crippen LogP contribution in [0.25, 0.3) is 0 Å². The van der Waals surface area contributed by atoms with E-state index in [-0.39, 0.29) is 0 Å². The van der Waals surface area contributed by atoms with Gasteiger partial charge in [0.1, 0.15) is 4.21 Å². The van der Waals surface area contributed by atoms with Gasteiger partial charge in [-0.1, -0.05) is 6.92 Å². The number of sulfonamides is 1. The molecule has 0 aliphatic rings. The lowest BCUT2D eigenvalue weighted by Crippen LogP contribution is -2.25. The van der Waals surface area contributed by atoms with Gasteiger partial charge in [0, 0.05) is 23.8 Å². The number of aromatic nitrogens is 1. The van der Waals surface area contributed by atoms with E-state index in [1.54, 1.807) is 18.6 Å². The zero-order chi connectivity index (χ0) is 15.3. The first kappa shape index (κ1) is 16.6. The second-order valence-electron chi connectivity index (χ2n) is 4.64. The Hall–Kier alpha value is -0.800. The lowest BCUT2D eigenvalue weighted by atomic mass is 10.4. The Morgan fingerprint density at radius 3 is 2.86 bits per heavy atom. The van der Waals surface area contributed by atoms with Gasteiger partial charge in [-0.05, 0) is 25.1 Å². The molecule has 2 aromatic rings. The van der Waals surface area contributed by atoms with E-state index in [4.69, 9.17) is 0 Å². The average molecular weight is 346 g/mol. The Morgan fingerprint density at radius 1 is 1.38 bits per heavy atom. The summed E-state index contributed by atoms with van der Waals surface area (Å²) < 4.78 is 26.7. The van der Waals surface area contributed by atoms with Gasteiger partial charge < -0.3 is 5.32 Å². The van der Waals surface area contributed by atoms with E-state index in [1.807, 2.05) is 11.4 Å². The molecule has 0 saturated heterocycles. The Bertz CT molecular complexity index is 650. The van der Waals surface area contributed by atoms with Gasteiger partial charge in [0.25, 0.3) is 10.0 Å². The first-order valence-electron chi connectivity index (χ1n) is 6.67. The fourth-order valence-electron chi connectivity index (χ4n) is 1.76. The predicted molar refractivity (Wildman–Crippen MR) is 87.1 cm³/mol. The number of nitrogens with one attached hydrogen (secondary N) is 1. The maximum absolute atomic E-state index is 12.5. The molecule has 2 rings (SSSR count). The smallest absolute Gasteiger partial charge is 0.252 e. The van der Waals surface area contributed by atoms with Crippen LogP contribution in [-0.2, 0) is 23.1 Å². The largest absolute Gasteiger partial charge is 0.312 e. The number of thiophene rings is 1. The van der Waals surface area contributed by atoms with Crippen molar-refractivity contribution < 1.29 is 8.42 Å². The molecule has 0 amide bonds. The van der Waals surface area contributed by atoms with Gasteiger partial charge in [-0.25, -0.2) is 13.4 Å². The van der Waals surface area contributed by atoms with Gasteiger partial charge in [-0.15, -0.1) is 22.7 Å². The van der Waals surface area contributed by atoms with Crippen LogP contribution in [-0.4, -0.2) is 31.3 Å². The lowest BCUT2D eigenvalue weighted by molar-refractivity contribution is 0.464. The molecule has 5 nitrogen and oxygen atoms in total. The second kappa shape index (κ2) is 7.46. The summed E-state index contributed by atoms with van der Waals surface area (Å²) in [6.45, 7) is 4.05. The number of thiazole rings is 1. The van der Waals surface area contributed by atoms with E-state index < -0.39 is 10.0 Å². The standard InChI is InChI=1S/C13H19N3O2S3/c1-3-6-14-7-12-4-5-13(20-12)21(17,18)16(2)8-11-9-19-10-15-11/h4-5,9-10,14H,3,6-8H2,1-2H3. The molecule has 0 atom stereocenters. The Balaban J connectivity index is 2.04. The summed E-state index contributed by atoms with van der Waals surface area (Å²) in [6, 6.07) is 3.55. The third-order valence-electron chi connectivity index (χ3n) is 2.90. The van der Waals surface area contributed by atoms with E-state index in [1.165, 1.54) is 27.0 Å². The van der Waals surface area contributed by atoms with Crippen LogP contribution in [0, 0.1) is 0 Å². The van der Waals surface area contributed by atoms with E-state index in [0.29, 0.717) is 17.3 Å². The first-order chi connectivity index (χ1) is 10.0. The van der Waals surface area contributed by atoms with Crippen molar-refractivity contribution in [2.45, 2.75) is 30.6 Å². The number of hydrogen-bond acceptors (Lipinski definition) is 6. The van der Waals surface area contributed by atoms with Crippen LogP contribution in [0.3, 0.4) is 0 Å². The van der Waals surface area contributed by atoms with Crippen molar-refractivity contribution in [1.29, 1.82) is 0 Å². The van der Waals surface area contributed by atoms with Crippen molar-refractivity contribution >= 4 is 32.7 Å².